The maximum Gasteiger partial charge on any atom is 0.258 e. The van der Waals surface area contributed by atoms with E-state index in [4.69, 9.17) is 0 Å². The number of aryl methyl sites for hydroxylation is 1. The van der Waals surface area contributed by atoms with Crippen LogP contribution in [0.15, 0.2) is 48.5 Å². The molecule has 2 aromatic carbocycles. The number of carbonyl (C=O) groups excluding carboxylic acids is 1. The molecule has 0 saturated carbocycles. The predicted octanol–water partition coefficient (Wildman–Crippen LogP) is 4.27. The minimum atomic E-state index is 0.100. The van der Waals surface area contributed by atoms with Gasteiger partial charge in [0.05, 0.1) is 0 Å². The normalized spacial score (nSPS) is 17.7. The molecule has 0 aliphatic carbocycles. The standard InChI is InChI=1S/C17H16INO/c1-12-9-10-13-5-2-3-8-16(13)19(12)17(20)14-6-4-7-15(18)11-14/h2-8,11-12H,9-10H2,1H3/t12-/m0/s1. The molecule has 0 spiro atoms. The summed E-state index contributed by atoms with van der Waals surface area (Å²) < 4.78 is 1.09. The Morgan fingerprint density at radius 3 is 2.80 bits per heavy atom. The Kier molecular flexibility index (Phi) is 3.78. The van der Waals surface area contributed by atoms with E-state index in [0.717, 1.165) is 27.7 Å². The van der Waals surface area contributed by atoms with Gasteiger partial charge in [-0.25, -0.2) is 0 Å². The third-order valence-electron chi connectivity index (χ3n) is 3.81. The maximum atomic E-state index is 12.8. The van der Waals surface area contributed by atoms with E-state index in [-0.39, 0.29) is 11.9 Å². The van der Waals surface area contributed by atoms with E-state index in [2.05, 4.69) is 41.6 Å². The highest BCUT2D eigenvalue weighted by Crippen LogP contribution is 2.31. The predicted molar refractivity (Wildman–Crippen MR) is 90.2 cm³/mol. The van der Waals surface area contributed by atoms with E-state index < -0.39 is 0 Å². The average Bonchev–Trinajstić information content (AvgIpc) is 2.46. The summed E-state index contributed by atoms with van der Waals surface area (Å²) in [6.45, 7) is 2.13. The number of rotatable bonds is 1. The molecule has 2 aromatic rings. The van der Waals surface area contributed by atoms with Gasteiger partial charge in [-0.3, -0.25) is 4.79 Å². The zero-order chi connectivity index (χ0) is 14.1. The summed E-state index contributed by atoms with van der Waals surface area (Å²) in [4.78, 5) is 14.8. The highest BCUT2D eigenvalue weighted by Gasteiger charge is 2.28. The summed E-state index contributed by atoms with van der Waals surface area (Å²) in [6, 6.07) is 16.3. The average molecular weight is 377 g/mol. The van der Waals surface area contributed by atoms with Crippen molar-refractivity contribution in [2.75, 3.05) is 4.90 Å². The van der Waals surface area contributed by atoms with Gasteiger partial charge in [-0.15, -0.1) is 0 Å². The Morgan fingerprint density at radius 2 is 2.00 bits per heavy atom. The van der Waals surface area contributed by atoms with E-state index >= 15 is 0 Å². The lowest BCUT2D eigenvalue weighted by molar-refractivity contribution is 0.0975. The summed E-state index contributed by atoms with van der Waals surface area (Å²) >= 11 is 2.24. The largest absolute Gasteiger partial charge is 0.305 e. The zero-order valence-corrected chi connectivity index (χ0v) is 13.5. The summed E-state index contributed by atoms with van der Waals surface area (Å²) in [6.07, 6.45) is 2.07. The molecule has 0 saturated heterocycles. The maximum absolute atomic E-state index is 12.8. The van der Waals surface area contributed by atoms with E-state index in [1.807, 2.05) is 41.3 Å². The number of hydrogen-bond donors (Lipinski definition) is 0. The number of hydrogen-bond acceptors (Lipinski definition) is 1. The van der Waals surface area contributed by atoms with Crippen LogP contribution >= 0.6 is 22.6 Å². The molecule has 0 unspecified atom stereocenters. The molecule has 1 atom stereocenters. The van der Waals surface area contributed by atoms with Crippen LogP contribution in [0.3, 0.4) is 0 Å². The van der Waals surface area contributed by atoms with Crippen LogP contribution in [0.2, 0.25) is 0 Å². The number of nitrogens with zero attached hydrogens (tertiary/aromatic N) is 1. The molecule has 0 radical (unpaired) electrons. The van der Waals surface area contributed by atoms with Gasteiger partial charge >= 0.3 is 0 Å². The van der Waals surface area contributed by atoms with Crippen LogP contribution < -0.4 is 4.90 Å². The third-order valence-corrected chi connectivity index (χ3v) is 4.48. The third kappa shape index (κ3) is 2.46. The first-order chi connectivity index (χ1) is 9.66. The summed E-state index contributed by atoms with van der Waals surface area (Å²) in [7, 11) is 0. The van der Waals surface area contributed by atoms with E-state index in [9.17, 15) is 4.79 Å². The number of anilines is 1. The van der Waals surface area contributed by atoms with Crippen molar-refractivity contribution >= 4 is 34.2 Å². The van der Waals surface area contributed by atoms with Gasteiger partial charge in [0.15, 0.2) is 0 Å². The van der Waals surface area contributed by atoms with Gasteiger partial charge in [0.25, 0.3) is 5.91 Å². The molecule has 3 heteroatoms. The Balaban J connectivity index is 2.03. The van der Waals surface area contributed by atoms with Crippen LogP contribution in [0, 0.1) is 3.57 Å². The highest BCUT2D eigenvalue weighted by atomic mass is 127. The molecule has 1 heterocycles. The molecule has 0 N–H and O–H groups in total. The minimum absolute atomic E-state index is 0.100. The first-order valence-electron chi connectivity index (χ1n) is 6.84. The van der Waals surface area contributed by atoms with Crippen molar-refractivity contribution < 1.29 is 4.79 Å². The van der Waals surface area contributed by atoms with Gasteiger partial charge in [0, 0.05) is 20.9 Å². The van der Waals surface area contributed by atoms with Crippen LogP contribution in [-0.4, -0.2) is 11.9 Å². The number of benzene rings is 2. The van der Waals surface area contributed by atoms with Gasteiger partial charge in [-0.1, -0.05) is 24.3 Å². The number of fused-ring (bicyclic) bond motifs is 1. The molecule has 102 valence electrons. The van der Waals surface area contributed by atoms with Crippen LogP contribution in [-0.2, 0) is 6.42 Å². The second-order valence-corrected chi connectivity index (χ2v) is 6.45. The molecule has 2 nitrogen and oxygen atoms in total. The van der Waals surface area contributed by atoms with Crippen molar-refractivity contribution in [2.45, 2.75) is 25.8 Å². The first kappa shape index (κ1) is 13.6. The highest BCUT2D eigenvalue weighted by molar-refractivity contribution is 14.1. The molecule has 20 heavy (non-hydrogen) atoms. The van der Waals surface area contributed by atoms with Gasteiger partial charge in [-0.2, -0.15) is 0 Å². The molecule has 1 aliphatic heterocycles. The number of carbonyl (C=O) groups is 1. The zero-order valence-electron chi connectivity index (χ0n) is 11.3. The minimum Gasteiger partial charge on any atom is -0.305 e. The molecule has 1 amide bonds. The lowest BCUT2D eigenvalue weighted by Crippen LogP contribution is -2.42. The number of para-hydroxylation sites is 1. The topological polar surface area (TPSA) is 20.3 Å². The fourth-order valence-electron chi connectivity index (χ4n) is 2.76. The second-order valence-electron chi connectivity index (χ2n) is 5.20. The molecule has 0 aromatic heterocycles. The molecule has 3 rings (SSSR count). The van der Waals surface area contributed by atoms with Crippen molar-refractivity contribution in [1.82, 2.24) is 0 Å². The summed E-state index contributed by atoms with van der Waals surface area (Å²) in [5.74, 6) is 0.100. The smallest absolute Gasteiger partial charge is 0.258 e. The lowest BCUT2D eigenvalue weighted by atomic mass is 9.96. The van der Waals surface area contributed by atoms with Crippen molar-refractivity contribution in [1.29, 1.82) is 0 Å². The van der Waals surface area contributed by atoms with E-state index in [1.54, 1.807) is 0 Å². The van der Waals surface area contributed by atoms with Gasteiger partial charge in [0.1, 0.15) is 0 Å². The van der Waals surface area contributed by atoms with Crippen molar-refractivity contribution in [2.24, 2.45) is 0 Å². The summed E-state index contributed by atoms with van der Waals surface area (Å²) in [5, 5.41) is 0. The fourth-order valence-corrected chi connectivity index (χ4v) is 3.30. The quantitative estimate of drug-likeness (QED) is 0.680. The number of amides is 1. The van der Waals surface area contributed by atoms with Crippen LogP contribution in [0.4, 0.5) is 5.69 Å². The molecule has 0 fully saturated rings. The van der Waals surface area contributed by atoms with Gasteiger partial charge in [-0.05, 0) is 72.2 Å². The Hall–Kier alpha value is -1.36. The van der Waals surface area contributed by atoms with Gasteiger partial charge < -0.3 is 4.90 Å². The Labute approximate surface area is 132 Å². The molecule has 0 bridgehead atoms. The van der Waals surface area contributed by atoms with E-state index in [0.29, 0.717) is 0 Å². The fraction of sp³-hybridized carbons (Fsp3) is 0.235. The van der Waals surface area contributed by atoms with Crippen LogP contribution in [0.1, 0.15) is 29.3 Å². The van der Waals surface area contributed by atoms with Gasteiger partial charge in [0.2, 0.25) is 0 Å². The second kappa shape index (κ2) is 5.56. The SMILES string of the molecule is C[C@H]1CCc2ccccc2N1C(=O)c1cccc(I)c1. The Bertz CT molecular complexity index is 653. The monoisotopic (exact) mass is 377 g/mol. The van der Waals surface area contributed by atoms with Crippen molar-refractivity contribution in [3.8, 4) is 0 Å². The first-order valence-corrected chi connectivity index (χ1v) is 7.92. The lowest BCUT2D eigenvalue weighted by Gasteiger charge is -2.35. The Morgan fingerprint density at radius 1 is 1.20 bits per heavy atom. The van der Waals surface area contributed by atoms with Crippen molar-refractivity contribution in [3.05, 3.63) is 63.2 Å². The molecular weight excluding hydrogens is 361 g/mol. The van der Waals surface area contributed by atoms with Crippen molar-refractivity contribution in [3.63, 3.8) is 0 Å². The van der Waals surface area contributed by atoms with Crippen LogP contribution in [0.25, 0.3) is 0 Å². The number of halogens is 1. The van der Waals surface area contributed by atoms with E-state index in [1.165, 1.54) is 5.56 Å². The summed E-state index contributed by atoms with van der Waals surface area (Å²) in [5.41, 5.74) is 3.10. The van der Waals surface area contributed by atoms with Crippen LogP contribution in [0.5, 0.6) is 0 Å². The molecule has 1 aliphatic rings. The molecular formula is C17H16INO.